The van der Waals surface area contributed by atoms with E-state index in [2.05, 4.69) is 33.0 Å². The molecule has 3 atom stereocenters. The highest BCUT2D eigenvalue weighted by Gasteiger charge is 2.29. The number of rotatable bonds is 12. The molecule has 2 rings (SSSR count). The average Bonchev–Trinajstić information content (AvgIpc) is 2.92. The highest BCUT2D eigenvalue weighted by Crippen LogP contribution is 2.19. The van der Waals surface area contributed by atoms with E-state index in [9.17, 15) is 24.6 Å². The predicted octanol–water partition coefficient (Wildman–Crippen LogP) is 4.73. The quantitative estimate of drug-likeness (QED) is 0.287. The third-order valence-electron chi connectivity index (χ3n) is 5.87. The highest BCUT2D eigenvalue weighted by atomic mass is 16.5. The molecule has 1 aromatic carbocycles. The maximum absolute atomic E-state index is 12.9. The summed E-state index contributed by atoms with van der Waals surface area (Å²) in [5.74, 6) is -1.69. The second-order valence-electron chi connectivity index (χ2n) is 9.28. The molecule has 1 aromatic rings. The fraction of sp³-hybridized carbons (Fsp3) is 0.567. The molecule has 3 unspecified atom stereocenters. The van der Waals surface area contributed by atoms with Gasteiger partial charge in [-0.1, -0.05) is 77.2 Å². The molecule has 0 saturated heterocycles. The van der Waals surface area contributed by atoms with Crippen LogP contribution in [0.3, 0.4) is 0 Å². The van der Waals surface area contributed by atoms with Crippen molar-refractivity contribution in [2.24, 2.45) is 5.73 Å². The monoisotopic (exact) mass is 532 g/mol. The lowest BCUT2D eigenvalue weighted by Gasteiger charge is -2.28. The number of unbranched alkanes of at least 4 members (excludes halogenated alkanes) is 2. The van der Waals surface area contributed by atoms with Gasteiger partial charge in [-0.3, -0.25) is 14.4 Å². The van der Waals surface area contributed by atoms with Crippen molar-refractivity contribution < 1.29 is 29.3 Å². The van der Waals surface area contributed by atoms with Gasteiger partial charge in [-0.25, -0.2) is 0 Å². The van der Waals surface area contributed by atoms with Gasteiger partial charge in [0.1, 0.15) is 12.2 Å². The highest BCUT2D eigenvalue weighted by molar-refractivity contribution is 6.04. The van der Waals surface area contributed by atoms with Gasteiger partial charge in [-0.05, 0) is 44.4 Å². The molecule has 2 amide bonds. The summed E-state index contributed by atoms with van der Waals surface area (Å²) < 4.78 is 4.90. The summed E-state index contributed by atoms with van der Waals surface area (Å²) in [6.45, 7) is 9.94. The number of Topliss-reactive ketones (excluding diaryl/α,β-unsaturated/α-hetero) is 1. The number of ketones is 1. The van der Waals surface area contributed by atoms with Crippen molar-refractivity contribution in [1.29, 1.82) is 0 Å². The molecule has 0 spiro atoms. The molecule has 0 aromatic heterocycles. The first-order valence-electron chi connectivity index (χ1n) is 13.5. The summed E-state index contributed by atoms with van der Waals surface area (Å²) in [6.07, 6.45) is 10.8. The molecule has 5 N–H and O–H groups in total. The van der Waals surface area contributed by atoms with E-state index in [1.807, 2.05) is 18.2 Å². The number of hydrogen-bond donors (Lipinski definition) is 4. The minimum Gasteiger partial charge on any atom is -0.388 e. The van der Waals surface area contributed by atoms with Crippen LogP contribution >= 0.6 is 0 Å². The molecule has 0 aliphatic heterocycles. The smallest absolute Gasteiger partial charge is 0.251 e. The SMILES string of the molecule is CCCC.CCCC.COCC(O)C(O)C(CC1=CCCC=C1)NC(=O)c1cc(C(C)=O)cc(C(N)=O)c1. The number of methoxy groups -OCH3 is 1. The van der Waals surface area contributed by atoms with Crippen LogP contribution in [0, 0.1) is 0 Å². The number of nitrogens with two attached hydrogens (primary N) is 1. The molecule has 1 aliphatic rings. The summed E-state index contributed by atoms with van der Waals surface area (Å²) in [7, 11) is 1.40. The van der Waals surface area contributed by atoms with Crippen LogP contribution in [-0.4, -0.2) is 59.8 Å². The van der Waals surface area contributed by atoms with Gasteiger partial charge in [0.2, 0.25) is 5.91 Å². The predicted molar refractivity (Wildman–Crippen MR) is 152 cm³/mol. The lowest BCUT2D eigenvalue weighted by molar-refractivity contribution is -0.0406. The van der Waals surface area contributed by atoms with Crippen LogP contribution in [0.1, 0.15) is 111 Å². The van der Waals surface area contributed by atoms with E-state index < -0.39 is 30.1 Å². The lowest BCUT2D eigenvalue weighted by atomic mass is 9.94. The Bertz CT molecular complexity index is 885. The normalized spacial score (nSPS) is 14.5. The van der Waals surface area contributed by atoms with Gasteiger partial charge in [0.05, 0.1) is 12.6 Å². The zero-order chi connectivity index (χ0) is 29.1. The molecular formula is C30H48N2O6. The molecule has 0 heterocycles. The molecule has 0 saturated carbocycles. The first-order chi connectivity index (χ1) is 18.1. The van der Waals surface area contributed by atoms with Crippen LogP contribution in [0.5, 0.6) is 0 Å². The summed E-state index contributed by atoms with van der Waals surface area (Å²) in [6, 6.07) is 3.15. The number of benzene rings is 1. The van der Waals surface area contributed by atoms with Gasteiger partial charge in [0.15, 0.2) is 5.78 Å². The van der Waals surface area contributed by atoms with E-state index in [0.717, 1.165) is 18.4 Å². The molecule has 214 valence electrons. The first kappa shape index (κ1) is 35.2. The number of hydrogen-bond acceptors (Lipinski definition) is 6. The van der Waals surface area contributed by atoms with Crippen LogP contribution in [0.15, 0.2) is 42.0 Å². The summed E-state index contributed by atoms with van der Waals surface area (Å²) in [5, 5.41) is 23.5. The van der Waals surface area contributed by atoms with E-state index in [0.29, 0.717) is 6.42 Å². The minimum absolute atomic E-state index is 0.0299. The minimum atomic E-state index is -1.29. The Labute approximate surface area is 228 Å². The van der Waals surface area contributed by atoms with Gasteiger partial charge in [-0.15, -0.1) is 0 Å². The Morgan fingerprint density at radius 3 is 1.95 bits per heavy atom. The van der Waals surface area contributed by atoms with Crippen LogP contribution < -0.4 is 11.1 Å². The number of carbonyl (C=O) groups excluding carboxylic acids is 3. The van der Waals surface area contributed by atoms with Gasteiger partial charge in [0.25, 0.3) is 5.91 Å². The molecule has 38 heavy (non-hydrogen) atoms. The second kappa shape index (κ2) is 20.2. The van der Waals surface area contributed by atoms with Crippen molar-refractivity contribution in [3.63, 3.8) is 0 Å². The average molecular weight is 533 g/mol. The third-order valence-corrected chi connectivity index (χ3v) is 5.87. The Morgan fingerprint density at radius 2 is 1.50 bits per heavy atom. The molecule has 0 fully saturated rings. The fourth-order valence-electron chi connectivity index (χ4n) is 3.22. The van der Waals surface area contributed by atoms with Gasteiger partial charge >= 0.3 is 0 Å². The van der Waals surface area contributed by atoms with Crippen molar-refractivity contribution in [3.05, 3.63) is 58.7 Å². The number of ether oxygens (including phenoxy) is 1. The van der Waals surface area contributed by atoms with Crippen molar-refractivity contribution in [3.8, 4) is 0 Å². The molecule has 8 heteroatoms. The lowest BCUT2D eigenvalue weighted by Crippen LogP contribution is -2.50. The van der Waals surface area contributed by atoms with Gasteiger partial charge in [0, 0.05) is 23.8 Å². The zero-order valence-corrected chi connectivity index (χ0v) is 24.0. The number of carbonyl (C=O) groups is 3. The Kier molecular flexibility index (Phi) is 18.7. The third kappa shape index (κ3) is 13.7. The Morgan fingerprint density at radius 1 is 0.947 bits per heavy atom. The van der Waals surface area contributed by atoms with Crippen molar-refractivity contribution in [1.82, 2.24) is 5.32 Å². The van der Waals surface area contributed by atoms with Crippen LogP contribution in [0.25, 0.3) is 0 Å². The fourth-order valence-corrected chi connectivity index (χ4v) is 3.22. The summed E-state index contributed by atoms with van der Waals surface area (Å²) in [5.41, 5.74) is 6.50. The van der Waals surface area contributed by atoms with Crippen LogP contribution in [0.2, 0.25) is 0 Å². The number of nitrogens with one attached hydrogen (secondary N) is 1. The van der Waals surface area contributed by atoms with E-state index in [4.69, 9.17) is 10.5 Å². The summed E-state index contributed by atoms with van der Waals surface area (Å²) in [4.78, 5) is 36.2. The van der Waals surface area contributed by atoms with E-state index >= 15 is 0 Å². The largest absolute Gasteiger partial charge is 0.388 e. The van der Waals surface area contributed by atoms with E-state index in [-0.39, 0.29) is 29.1 Å². The number of allylic oxidation sites excluding steroid dienone is 3. The maximum Gasteiger partial charge on any atom is 0.251 e. The zero-order valence-electron chi connectivity index (χ0n) is 24.0. The number of primary amides is 1. The van der Waals surface area contributed by atoms with Crippen LogP contribution in [-0.2, 0) is 4.74 Å². The summed E-state index contributed by atoms with van der Waals surface area (Å²) >= 11 is 0. The molecule has 0 bridgehead atoms. The van der Waals surface area contributed by atoms with Crippen molar-refractivity contribution in [2.75, 3.05) is 13.7 Å². The van der Waals surface area contributed by atoms with Crippen molar-refractivity contribution >= 4 is 17.6 Å². The topological polar surface area (TPSA) is 139 Å². The Balaban J connectivity index is 0.00000150. The first-order valence-corrected chi connectivity index (χ1v) is 13.5. The standard InChI is InChI=1S/C22H28N2O6.2C4H10/c1-13(25)15-9-16(21(23)28)11-17(10-15)22(29)24-18(20(27)19(26)12-30-2)8-14-6-4-3-5-7-14;2*1-3-4-2/h4,6-7,9-11,18-20,26-27H,3,5,8,12H2,1-2H3,(H2,23,28)(H,24,29);2*3-4H2,1-2H3. The number of amides is 2. The van der Waals surface area contributed by atoms with E-state index in [1.165, 1.54) is 57.9 Å². The molecule has 0 radical (unpaired) electrons. The van der Waals surface area contributed by atoms with Gasteiger partial charge < -0.3 is 26.0 Å². The molecule has 8 nitrogen and oxygen atoms in total. The van der Waals surface area contributed by atoms with Crippen LogP contribution in [0.4, 0.5) is 0 Å². The molecule has 1 aliphatic carbocycles. The number of aliphatic hydroxyl groups is 2. The number of aliphatic hydroxyl groups excluding tert-OH is 2. The second-order valence-corrected chi connectivity index (χ2v) is 9.28. The Hall–Kier alpha value is -2.81. The van der Waals surface area contributed by atoms with Gasteiger partial charge in [-0.2, -0.15) is 0 Å². The van der Waals surface area contributed by atoms with Crippen molar-refractivity contribution in [2.45, 2.75) is 97.8 Å². The maximum atomic E-state index is 12.9. The molecular weight excluding hydrogens is 484 g/mol. The van der Waals surface area contributed by atoms with E-state index in [1.54, 1.807) is 0 Å².